The monoisotopic (exact) mass is 1740 g/mol. The van der Waals surface area contributed by atoms with Gasteiger partial charge in [-0.15, -0.1) is 0 Å². The first-order valence-corrected chi connectivity index (χ1v) is 38.8. The van der Waals surface area contributed by atoms with Crippen LogP contribution in [0.3, 0.4) is 0 Å². The van der Waals surface area contributed by atoms with Crippen molar-refractivity contribution in [2.45, 2.75) is 76.8 Å². The average Bonchev–Trinajstić information content (AvgIpc) is 1.65. The third-order valence-corrected chi connectivity index (χ3v) is 22.7. The van der Waals surface area contributed by atoms with Gasteiger partial charge < -0.3 is 39.8 Å². The maximum atomic E-state index is 14.7. The van der Waals surface area contributed by atoms with Crippen LogP contribution in [0.5, 0.6) is 23.0 Å². The van der Waals surface area contributed by atoms with Gasteiger partial charge in [0.1, 0.15) is 68.6 Å². The molecule has 3 aromatic heterocycles. The van der Waals surface area contributed by atoms with E-state index in [4.69, 9.17) is 36.3 Å². The van der Waals surface area contributed by atoms with Crippen molar-refractivity contribution in [1.29, 1.82) is 0 Å². The molecule has 0 atom stereocenters. The number of nitrogens with two attached hydrogens (primary N) is 1. The van der Waals surface area contributed by atoms with Crippen LogP contribution in [-0.4, -0.2) is 128 Å². The van der Waals surface area contributed by atoms with Crippen LogP contribution < -0.4 is 30.0 Å². The molecule has 3 N–H and O–H groups in total. The number of benzene rings is 8. The van der Waals surface area contributed by atoms with E-state index in [0.29, 0.717) is 45.4 Å². The summed E-state index contributed by atoms with van der Waals surface area (Å²) in [5.74, 6) is -5.30. The van der Waals surface area contributed by atoms with Crippen LogP contribution in [0.4, 0.5) is 71.5 Å². The van der Waals surface area contributed by atoms with Gasteiger partial charge in [0, 0.05) is 41.8 Å². The second kappa shape index (κ2) is 34.6. The van der Waals surface area contributed by atoms with Gasteiger partial charge in [0.15, 0.2) is 17.5 Å². The second-order valence-electron chi connectivity index (χ2n) is 25.5. The molecule has 6 heterocycles. The summed E-state index contributed by atoms with van der Waals surface area (Å²) in [5.41, 5.74) is -9.00. The Morgan fingerprint density at radius 3 is 1.09 bits per heavy atom. The number of ether oxygens (including phenoxy) is 4. The Hall–Kier alpha value is -12.5. The van der Waals surface area contributed by atoms with Gasteiger partial charge >= 0.3 is 16.5 Å². The molecule has 0 saturated carbocycles. The number of methoxy groups -OCH3 is 4. The van der Waals surface area contributed by atoms with Crippen molar-refractivity contribution >= 4 is 64.5 Å². The molecule has 0 spiro atoms. The Kier molecular flexibility index (Phi) is 25.4. The Bertz CT molecular complexity index is 6100. The number of amides is 3. The fourth-order valence-electron chi connectivity index (χ4n) is 12.1. The van der Waals surface area contributed by atoms with E-state index in [1.807, 2.05) is 0 Å². The van der Waals surface area contributed by atoms with Crippen LogP contribution >= 0.6 is 11.6 Å². The average molecular weight is 1750 g/mol. The molecular weight excluding hydrogens is 1690 g/mol. The van der Waals surface area contributed by atoms with Crippen molar-refractivity contribution in [3.8, 4) is 57.2 Å². The van der Waals surface area contributed by atoms with Crippen molar-refractivity contribution in [3.63, 3.8) is 0 Å². The van der Waals surface area contributed by atoms with Gasteiger partial charge in [0.25, 0.3) is 47.2 Å². The summed E-state index contributed by atoms with van der Waals surface area (Å²) < 4.78 is 289. The second-order valence-corrected chi connectivity index (χ2v) is 31.7. The molecule has 0 unspecified atom stereocenters. The summed E-state index contributed by atoms with van der Waals surface area (Å²) >= 11 is 6.21. The smallest absolute Gasteiger partial charge is 0.497 e. The zero-order chi connectivity index (χ0) is 86.8. The van der Waals surface area contributed by atoms with E-state index in [9.17, 15) is 105 Å². The zero-order valence-electron chi connectivity index (χ0n) is 61.3. The van der Waals surface area contributed by atoms with Crippen LogP contribution in [0.25, 0.3) is 34.2 Å². The molecule has 0 fully saturated rings. The number of rotatable bonds is 18. The molecule has 3 aliphatic rings. The van der Waals surface area contributed by atoms with Crippen molar-refractivity contribution in [2.24, 2.45) is 0 Å². The number of anilines is 1. The maximum absolute atomic E-state index is 14.7. The van der Waals surface area contributed by atoms with Crippen molar-refractivity contribution in [1.82, 2.24) is 45.0 Å². The van der Waals surface area contributed by atoms with Gasteiger partial charge in [0.05, 0.1) is 132 Å². The van der Waals surface area contributed by atoms with Crippen LogP contribution in [0.15, 0.2) is 178 Å². The number of hydrogen-bond acceptors (Lipinski definition) is 20. The van der Waals surface area contributed by atoms with Crippen molar-refractivity contribution < 1.29 is 124 Å². The lowest BCUT2D eigenvalue weighted by Gasteiger charge is -2.18. The number of sulfone groups is 3. The number of halogens is 16. The third-order valence-electron chi connectivity index (χ3n) is 18.0. The van der Waals surface area contributed by atoms with Gasteiger partial charge in [-0.1, -0.05) is 54.1 Å². The van der Waals surface area contributed by atoms with Crippen molar-refractivity contribution in [2.75, 3.05) is 34.2 Å². The molecule has 0 bridgehead atoms. The first-order chi connectivity index (χ1) is 56.0. The highest BCUT2D eigenvalue weighted by Crippen LogP contribution is 2.40. The maximum Gasteiger partial charge on any atom is 0.501 e. The Morgan fingerprint density at radius 2 is 0.739 bits per heavy atom. The quantitative estimate of drug-likeness (QED) is 0.0458. The number of carbonyl (C=O) groups excluding carboxylic acids is 3. The highest BCUT2D eigenvalue weighted by atomic mass is 35.5. The predicted octanol–water partition coefficient (Wildman–Crippen LogP) is 14.8. The summed E-state index contributed by atoms with van der Waals surface area (Å²) in [4.78, 5) is 64.0. The van der Waals surface area contributed by atoms with E-state index >= 15 is 0 Å². The number of alkyl halides is 9. The number of nitrogens with one attached hydrogen (secondary N) is 1. The molecule has 0 radical (unpaired) electrons. The third kappa shape index (κ3) is 18.4. The Morgan fingerprint density at radius 1 is 0.412 bits per heavy atom. The topological polar surface area (TPSA) is 312 Å². The van der Waals surface area contributed by atoms with E-state index < -0.39 is 119 Å². The summed E-state index contributed by atoms with van der Waals surface area (Å²) in [5, 5.41) is 2.39. The number of hydrogen-bond donors (Lipinski definition) is 2. The predicted molar refractivity (Wildman–Crippen MR) is 394 cm³/mol. The van der Waals surface area contributed by atoms with E-state index in [-0.39, 0.29) is 125 Å². The number of carbonyl (C=O) groups is 3. The molecule has 42 heteroatoms. The lowest BCUT2D eigenvalue weighted by Crippen LogP contribution is -2.24. The summed E-state index contributed by atoms with van der Waals surface area (Å²) in [7, 11) is -10.3. The zero-order valence-corrected chi connectivity index (χ0v) is 64.5. The summed E-state index contributed by atoms with van der Waals surface area (Å²) in [6, 6.07) is 31.8. The van der Waals surface area contributed by atoms with E-state index in [1.54, 1.807) is 43.5 Å². The summed E-state index contributed by atoms with van der Waals surface area (Å²) in [6.45, 7) is 0.395. The van der Waals surface area contributed by atoms with Gasteiger partial charge in [0.2, 0.25) is 0 Å². The lowest BCUT2D eigenvalue weighted by atomic mass is 10.0. The molecule has 14 rings (SSSR count). The molecule has 3 aliphatic heterocycles. The number of fused-ring (bicyclic) bond motifs is 3. The fourth-order valence-corrected chi connectivity index (χ4v) is 14.7. The summed E-state index contributed by atoms with van der Waals surface area (Å²) in [6.07, 6.45) is -0.292. The van der Waals surface area contributed by atoms with E-state index in [0.717, 1.165) is 115 Å². The minimum Gasteiger partial charge on any atom is -0.497 e. The van der Waals surface area contributed by atoms with Gasteiger partial charge in [-0.05, 0) is 120 Å². The normalized spacial score (nSPS) is 13.2. The highest BCUT2D eigenvalue weighted by Gasteiger charge is 2.49. The van der Waals surface area contributed by atoms with Crippen LogP contribution in [0.1, 0.15) is 81.8 Å². The van der Waals surface area contributed by atoms with Crippen LogP contribution in [0.2, 0.25) is 5.15 Å². The number of aromatic nitrogens is 6. The van der Waals surface area contributed by atoms with E-state index in [1.165, 1.54) is 49.3 Å². The van der Waals surface area contributed by atoms with Gasteiger partial charge in [-0.25, -0.2) is 81.5 Å². The minimum atomic E-state index is -5.57. The largest absolute Gasteiger partial charge is 0.501 e. The van der Waals surface area contributed by atoms with Gasteiger partial charge in [-0.2, -0.15) is 39.5 Å². The highest BCUT2D eigenvalue weighted by molar-refractivity contribution is 7.92. The van der Waals surface area contributed by atoms with Crippen molar-refractivity contribution in [3.05, 3.63) is 271 Å². The fraction of sp³-hybridized carbons (Fsp3) is 0.182. The molecule has 622 valence electrons. The molecule has 8 aromatic carbocycles. The molecule has 3 amide bonds. The Balaban J connectivity index is 0.000000164. The molecule has 11 aromatic rings. The van der Waals surface area contributed by atoms with E-state index in [2.05, 4.69) is 35.2 Å². The molecule has 23 nitrogen and oxygen atoms in total. The first-order valence-electron chi connectivity index (χ1n) is 34.0. The SMILES string of the molecule is COc1ccc(CN2Cc3nc(-c4c(F)cccc4F)nc(Cc4ccc(S(=O)(=O)C(F)(F)F)cc4)c3C2=O)c(OC)c1.COc1ccc(CN2Cc3nc(-c4c(F)cccc4F)nc(Cl)c3C2=O)c(OC)c1.Nc1ccc(S(=O)(=O)C(F)(F)F)cc1.O=C1NCc2nc(-c3c(F)cccc3F)nc(Cc3ccc(S(=O)(=O)C(F)(F)F)cc3)c21. The molecule has 0 aliphatic carbocycles. The minimum absolute atomic E-state index is 0.00945. The standard InChI is InChI=1S/C29H22F5N3O5S.C21H16ClF2N3O3.C20H12F5N3O3S.C7H6F3NO2S/c1-41-18-9-8-17(24(13-18)42-2)14-37-15-23-26(28(37)38)22(35-27(36-23)25-20(30)4-3-5-21(25)31)12-16-6-10-19(11-7-16)43(39,40)29(32,33)34;1-29-12-7-6-11(16(8-12)30-2)9-27-10-15-18(21(27)28)19(22)26-20(25-15)17-13(23)4-3-5-14(17)24;21-12-2-1-3-13(22)16(12)18-27-14(17-15(28-18)9-26-19(17)29)8-10-4-6-11(7-5-10)32(30,31)20(23,24)25;8-7(9,10)14(12,13)6-3-1-5(11)2-4-6/h3-11,13H,12,14-15H2,1-2H3;3-8H,9-10H2,1-2H3;1-7H,8-9H2,(H,26,29);1-4H,11H2. The lowest BCUT2D eigenvalue weighted by molar-refractivity contribution is -0.0442. The number of nitrogen functional groups attached to an aromatic ring is 1. The molecule has 119 heavy (non-hydrogen) atoms. The van der Waals surface area contributed by atoms with Crippen LogP contribution in [-0.2, 0) is 75.1 Å². The molecular formula is C77H56ClF15N10O13S3. The number of nitrogens with zero attached hydrogens (tertiary/aromatic N) is 8. The Labute approximate surface area is 670 Å². The van der Waals surface area contributed by atoms with Gasteiger partial charge in [-0.3, -0.25) is 14.4 Å². The van der Waals surface area contributed by atoms with Crippen LogP contribution in [0, 0.1) is 34.9 Å². The molecule has 0 saturated heterocycles. The first kappa shape index (κ1) is 87.3.